The standard InChI is InChI=1S/C10H16N2O3S/c1-6(2)10-11-8(15-12-10)5-16-7(3)4-9(13)14/h6-7H,4-5H2,1-3H3,(H,13,14). The van der Waals surface area contributed by atoms with Gasteiger partial charge in [0.25, 0.3) is 0 Å². The molecule has 0 amide bonds. The maximum Gasteiger partial charge on any atom is 0.304 e. The van der Waals surface area contributed by atoms with Crippen LogP contribution in [0.4, 0.5) is 0 Å². The minimum Gasteiger partial charge on any atom is -0.481 e. The predicted molar refractivity (Wildman–Crippen MR) is 61.4 cm³/mol. The summed E-state index contributed by atoms with van der Waals surface area (Å²) >= 11 is 1.51. The number of aromatic nitrogens is 2. The third kappa shape index (κ3) is 4.22. The number of hydrogen-bond acceptors (Lipinski definition) is 5. The molecule has 1 N–H and O–H groups in total. The van der Waals surface area contributed by atoms with E-state index in [0.717, 1.165) is 0 Å². The van der Waals surface area contributed by atoms with Crippen molar-refractivity contribution < 1.29 is 14.4 Å². The molecule has 1 heterocycles. The van der Waals surface area contributed by atoms with Crippen LogP contribution in [-0.2, 0) is 10.5 Å². The third-order valence-electron chi connectivity index (χ3n) is 1.95. The normalized spacial score (nSPS) is 13.0. The minimum atomic E-state index is -0.784. The Bertz CT molecular complexity index is 352. The zero-order valence-electron chi connectivity index (χ0n) is 9.64. The highest BCUT2D eigenvalue weighted by Gasteiger charge is 2.12. The van der Waals surface area contributed by atoms with Crippen LogP contribution in [0.25, 0.3) is 0 Å². The van der Waals surface area contributed by atoms with Crippen LogP contribution in [-0.4, -0.2) is 26.5 Å². The van der Waals surface area contributed by atoms with Gasteiger partial charge in [0.1, 0.15) is 0 Å². The summed E-state index contributed by atoms with van der Waals surface area (Å²) in [5, 5.41) is 12.5. The molecule has 0 radical (unpaired) electrons. The molecule has 16 heavy (non-hydrogen) atoms. The van der Waals surface area contributed by atoms with Crippen molar-refractivity contribution in [2.24, 2.45) is 0 Å². The van der Waals surface area contributed by atoms with Gasteiger partial charge in [-0.15, -0.1) is 11.8 Å². The number of thioether (sulfide) groups is 1. The van der Waals surface area contributed by atoms with Gasteiger partial charge in [-0.2, -0.15) is 4.98 Å². The highest BCUT2D eigenvalue weighted by atomic mass is 32.2. The summed E-state index contributed by atoms with van der Waals surface area (Å²) in [6.07, 6.45) is 0.149. The molecule has 1 rings (SSSR count). The smallest absolute Gasteiger partial charge is 0.304 e. The van der Waals surface area contributed by atoms with E-state index in [0.29, 0.717) is 17.5 Å². The summed E-state index contributed by atoms with van der Waals surface area (Å²) in [4.78, 5) is 14.7. The second-order valence-corrected chi connectivity index (χ2v) is 5.35. The SMILES string of the molecule is CC(CC(=O)O)SCc1nc(C(C)C)no1. The van der Waals surface area contributed by atoms with Crippen molar-refractivity contribution in [2.75, 3.05) is 0 Å². The van der Waals surface area contributed by atoms with Gasteiger partial charge in [0.05, 0.1) is 12.2 Å². The van der Waals surface area contributed by atoms with Gasteiger partial charge in [0.2, 0.25) is 5.89 Å². The number of aliphatic carboxylic acids is 1. The molecule has 0 aromatic carbocycles. The largest absolute Gasteiger partial charge is 0.481 e. The second-order valence-electron chi connectivity index (χ2n) is 3.92. The first-order valence-electron chi connectivity index (χ1n) is 5.15. The van der Waals surface area contributed by atoms with E-state index < -0.39 is 5.97 Å². The molecule has 0 spiro atoms. The third-order valence-corrected chi connectivity index (χ3v) is 3.10. The van der Waals surface area contributed by atoms with Crippen molar-refractivity contribution >= 4 is 17.7 Å². The molecule has 0 saturated carbocycles. The number of nitrogens with zero attached hydrogens (tertiary/aromatic N) is 2. The van der Waals surface area contributed by atoms with Crippen LogP contribution in [0.5, 0.6) is 0 Å². The van der Waals surface area contributed by atoms with Crippen LogP contribution < -0.4 is 0 Å². The molecule has 0 aliphatic carbocycles. The zero-order valence-corrected chi connectivity index (χ0v) is 10.5. The van der Waals surface area contributed by atoms with Crippen LogP contribution in [0.2, 0.25) is 0 Å². The van der Waals surface area contributed by atoms with E-state index in [1.807, 2.05) is 20.8 Å². The van der Waals surface area contributed by atoms with Crippen molar-refractivity contribution in [3.05, 3.63) is 11.7 Å². The summed E-state index contributed by atoms with van der Waals surface area (Å²) in [6.45, 7) is 5.86. The second kappa shape index (κ2) is 5.89. The van der Waals surface area contributed by atoms with Gasteiger partial charge in [-0.1, -0.05) is 25.9 Å². The lowest BCUT2D eigenvalue weighted by atomic mass is 10.2. The zero-order chi connectivity index (χ0) is 12.1. The Morgan fingerprint density at radius 1 is 1.50 bits per heavy atom. The Labute approximate surface area is 98.6 Å². The van der Waals surface area contributed by atoms with Crippen molar-refractivity contribution in [2.45, 2.75) is 44.1 Å². The lowest BCUT2D eigenvalue weighted by molar-refractivity contribution is -0.136. The first-order valence-corrected chi connectivity index (χ1v) is 6.19. The number of hydrogen-bond donors (Lipinski definition) is 1. The Morgan fingerprint density at radius 2 is 2.19 bits per heavy atom. The van der Waals surface area contributed by atoms with Crippen LogP contribution >= 0.6 is 11.8 Å². The van der Waals surface area contributed by atoms with Gasteiger partial charge in [0.15, 0.2) is 5.82 Å². The van der Waals surface area contributed by atoms with E-state index >= 15 is 0 Å². The van der Waals surface area contributed by atoms with E-state index in [-0.39, 0.29) is 17.6 Å². The van der Waals surface area contributed by atoms with Crippen molar-refractivity contribution in [3.63, 3.8) is 0 Å². The fourth-order valence-corrected chi connectivity index (χ4v) is 1.88. The van der Waals surface area contributed by atoms with Crippen molar-refractivity contribution in [1.82, 2.24) is 10.1 Å². The van der Waals surface area contributed by atoms with E-state index in [1.165, 1.54) is 11.8 Å². The summed E-state index contributed by atoms with van der Waals surface area (Å²) < 4.78 is 5.05. The van der Waals surface area contributed by atoms with Gasteiger partial charge in [-0.05, 0) is 0 Å². The Balaban J connectivity index is 2.39. The molecule has 1 aromatic rings. The molecule has 0 bridgehead atoms. The first kappa shape index (κ1) is 13.0. The van der Waals surface area contributed by atoms with Gasteiger partial charge in [-0.3, -0.25) is 4.79 Å². The molecule has 90 valence electrons. The van der Waals surface area contributed by atoms with Gasteiger partial charge < -0.3 is 9.63 Å². The fourth-order valence-electron chi connectivity index (χ4n) is 1.08. The van der Waals surface area contributed by atoms with E-state index in [1.54, 1.807) is 0 Å². The van der Waals surface area contributed by atoms with Crippen LogP contribution in [0, 0.1) is 0 Å². The highest BCUT2D eigenvalue weighted by molar-refractivity contribution is 7.99. The topological polar surface area (TPSA) is 76.2 Å². The molecule has 1 aromatic heterocycles. The molecule has 0 fully saturated rings. The predicted octanol–water partition coefficient (Wildman–Crippen LogP) is 2.29. The Hall–Kier alpha value is -1.04. The summed E-state index contributed by atoms with van der Waals surface area (Å²) in [5.41, 5.74) is 0. The fraction of sp³-hybridized carbons (Fsp3) is 0.700. The van der Waals surface area contributed by atoms with Gasteiger partial charge in [-0.25, -0.2) is 0 Å². The van der Waals surface area contributed by atoms with Crippen LogP contribution in [0.3, 0.4) is 0 Å². The van der Waals surface area contributed by atoms with Crippen molar-refractivity contribution in [3.8, 4) is 0 Å². The number of rotatable bonds is 6. The van der Waals surface area contributed by atoms with Gasteiger partial charge >= 0.3 is 5.97 Å². The molecule has 1 atom stereocenters. The minimum absolute atomic E-state index is 0.0481. The summed E-state index contributed by atoms with van der Waals surface area (Å²) in [7, 11) is 0. The number of carbonyl (C=O) groups is 1. The maximum absolute atomic E-state index is 10.4. The van der Waals surface area contributed by atoms with Crippen molar-refractivity contribution in [1.29, 1.82) is 0 Å². The van der Waals surface area contributed by atoms with E-state index in [9.17, 15) is 4.79 Å². The molecule has 6 heteroatoms. The summed E-state index contributed by atoms with van der Waals surface area (Å²) in [6, 6.07) is 0. The summed E-state index contributed by atoms with van der Waals surface area (Å²) in [5.74, 6) is 1.29. The molecule has 0 aliphatic heterocycles. The van der Waals surface area contributed by atoms with E-state index in [2.05, 4.69) is 10.1 Å². The highest BCUT2D eigenvalue weighted by Crippen LogP contribution is 2.20. The average Bonchev–Trinajstić information content (AvgIpc) is 2.61. The molecule has 0 aliphatic rings. The monoisotopic (exact) mass is 244 g/mol. The molecular formula is C10H16N2O3S. The van der Waals surface area contributed by atoms with E-state index in [4.69, 9.17) is 9.63 Å². The Kier molecular flexibility index (Phi) is 4.79. The average molecular weight is 244 g/mol. The quantitative estimate of drug-likeness (QED) is 0.827. The van der Waals surface area contributed by atoms with Gasteiger partial charge in [0, 0.05) is 11.2 Å². The molecular weight excluding hydrogens is 228 g/mol. The maximum atomic E-state index is 10.4. The number of carboxylic acid groups (broad SMARTS) is 1. The van der Waals surface area contributed by atoms with Crippen LogP contribution in [0.1, 0.15) is 44.8 Å². The number of carboxylic acids is 1. The lowest BCUT2D eigenvalue weighted by Gasteiger charge is -2.05. The lowest BCUT2D eigenvalue weighted by Crippen LogP contribution is -2.05. The van der Waals surface area contributed by atoms with Crippen LogP contribution in [0.15, 0.2) is 4.52 Å². The molecule has 0 saturated heterocycles. The Morgan fingerprint density at radius 3 is 2.69 bits per heavy atom. The first-order chi connectivity index (χ1) is 7.49. The molecule has 1 unspecified atom stereocenters. The molecule has 5 nitrogen and oxygen atoms in total.